The smallest absolute Gasteiger partial charge is 0.350 e. The molecule has 0 aromatic heterocycles. The molecule has 0 atom stereocenters. The lowest BCUT2D eigenvalue weighted by atomic mass is 10.2. The molecule has 0 aliphatic heterocycles. The van der Waals surface area contributed by atoms with E-state index >= 15 is 0 Å². The minimum absolute atomic E-state index is 0.0462. The van der Waals surface area contributed by atoms with Crippen LogP contribution in [0, 0.1) is 18.3 Å². The fraction of sp³-hybridized carbons (Fsp3) is 0.231. The molecule has 1 rings (SSSR count). The molecule has 1 aromatic rings. The van der Waals surface area contributed by atoms with Gasteiger partial charge >= 0.3 is 5.97 Å². The second-order valence-corrected chi connectivity index (χ2v) is 3.35. The molecule has 0 spiro atoms. The Morgan fingerprint density at radius 2 is 2.24 bits per heavy atom. The maximum absolute atomic E-state index is 11.3. The molecule has 17 heavy (non-hydrogen) atoms. The Morgan fingerprint density at radius 1 is 1.53 bits per heavy atom. The van der Waals surface area contributed by atoms with Crippen molar-refractivity contribution in [2.45, 2.75) is 13.8 Å². The van der Waals surface area contributed by atoms with Gasteiger partial charge < -0.3 is 10.1 Å². The van der Waals surface area contributed by atoms with Crippen LogP contribution in [-0.4, -0.2) is 12.6 Å². The number of para-hydroxylation sites is 1. The molecule has 0 fully saturated rings. The van der Waals surface area contributed by atoms with Crippen molar-refractivity contribution < 1.29 is 9.53 Å². The molecule has 1 N–H and O–H groups in total. The van der Waals surface area contributed by atoms with Crippen LogP contribution in [0.15, 0.2) is 36.0 Å². The lowest BCUT2D eigenvalue weighted by Crippen LogP contribution is -2.08. The number of hydrogen-bond acceptors (Lipinski definition) is 4. The van der Waals surface area contributed by atoms with E-state index in [4.69, 9.17) is 10.00 Å². The standard InChI is InChI=1S/C13H14N2O2/c1-3-17-13(16)11(8-14)9-15-12-7-5-4-6-10(12)2/h4-7,9,15H,3H2,1-2H3. The Morgan fingerprint density at radius 3 is 2.82 bits per heavy atom. The van der Waals surface area contributed by atoms with Crippen molar-refractivity contribution in [3.63, 3.8) is 0 Å². The molecule has 0 saturated carbocycles. The number of rotatable bonds is 4. The molecular weight excluding hydrogens is 216 g/mol. The first-order chi connectivity index (χ1) is 8.19. The third-order valence-electron chi connectivity index (χ3n) is 2.13. The van der Waals surface area contributed by atoms with Crippen molar-refractivity contribution in [2.24, 2.45) is 0 Å². The summed E-state index contributed by atoms with van der Waals surface area (Å²) in [5.41, 5.74) is 1.84. The molecule has 0 bridgehead atoms. The number of hydrogen-bond donors (Lipinski definition) is 1. The van der Waals surface area contributed by atoms with Gasteiger partial charge in [-0.25, -0.2) is 4.79 Å². The number of ether oxygens (including phenoxy) is 1. The van der Waals surface area contributed by atoms with Gasteiger partial charge in [-0.2, -0.15) is 5.26 Å². The SMILES string of the molecule is CCOC(=O)C(C#N)=CNc1ccccc1C. The van der Waals surface area contributed by atoms with E-state index in [-0.39, 0.29) is 12.2 Å². The summed E-state index contributed by atoms with van der Waals surface area (Å²) < 4.78 is 4.74. The van der Waals surface area contributed by atoms with E-state index in [1.165, 1.54) is 6.20 Å². The molecule has 0 aliphatic carbocycles. The van der Waals surface area contributed by atoms with Gasteiger partial charge in [0.2, 0.25) is 0 Å². The number of nitrogens with zero attached hydrogens (tertiary/aromatic N) is 1. The highest BCUT2D eigenvalue weighted by Crippen LogP contribution is 2.13. The van der Waals surface area contributed by atoms with Gasteiger partial charge in [-0.3, -0.25) is 0 Å². The fourth-order valence-electron chi connectivity index (χ4n) is 1.23. The summed E-state index contributed by atoms with van der Waals surface area (Å²) in [5, 5.41) is 11.7. The van der Waals surface area contributed by atoms with Crippen LogP contribution in [0.1, 0.15) is 12.5 Å². The quantitative estimate of drug-likeness (QED) is 0.490. The van der Waals surface area contributed by atoms with Gasteiger partial charge in [-0.1, -0.05) is 18.2 Å². The predicted octanol–water partition coefficient (Wildman–Crippen LogP) is 2.38. The Bertz CT molecular complexity index is 473. The van der Waals surface area contributed by atoms with E-state index in [9.17, 15) is 4.79 Å². The van der Waals surface area contributed by atoms with Crippen LogP contribution in [0.4, 0.5) is 5.69 Å². The van der Waals surface area contributed by atoms with Crippen LogP contribution in [0.3, 0.4) is 0 Å². The number of nitrogens with one attached hydrogen (secondary N) is 1. The van der Waals surface area contributed by atoms with Crippen molar-refractivity contribution in [2.75, 3.05) is 11.9 Å². The van der Waals surface area contributed by atoms with Crippen LogP contribution < -0.4 is 5.32 Å². The second-order valence-electron chi connectivity index (χ2n) is 3.35. The molecule has 0 heterocycles. The van der Waals surface area contributed by atoms with Crippen molar-refractivity contribution in [1.82, 2.24) is 0 Å². The number of benzene rings is 1. The van der Waals surface area contributed by atoms with E-state index in [0.29, 0.717) is 0 Å². The molecule has 4 heteroatoms. The van der Waals surface area contributed by atoms with E-state index < -0.39 is 5.97 Å². The van der Waals surface area contributed by atoms with Gasteiger partial charge in [-0.15, -0.1) is 0 Å². The summed E-state index contributed by atoms with van der Waals surface area (Å²) in [4.78, 5) is 11.3. The molecule has 4 nitrogen and oxygen atoms in total. The predicted molar refractivity (Wildman–Crippen MR) is 65.1 cm³/mol. The van der Waals surface area contributed by atoms with Crippen molar-refractivity contribution in [1.29, 1.82) is 5.26 Å². The molecule has 0 amide bonds. The highest BCUT2D eigenvalue weighted by molar-refractivity contribution is 5.93. The third-order valence-corrected chi connectivity index (χ3v) is 2.13. The van der Waals surface area contributed by atoms with Crippen LogP contribution in [-0.2, 0) is 9.53 Å². The highest BCUT2D eigenvalue weighted by Gasteiger charge is 2.09. The highest BCUT2D eigenvalue weighted by atomic mass is 16.5. The summed E-state index contributed by atoms with van der Waals surface area (Å²) in [6, 6.07) is 9.40. The zero-order valence-electron chi connectivity index (χ0n) is 9.86. The molecule has 1 aromatic carbocycles. The zero-order chi connectivity index (χ0) is 12.7. The van der Waals surface area contributed by atoms with E-state index in [2.05, 4.69) is 5.32 Å². The summed E-state index contributed by atoms with van der Waals surface area (Å²) >= 11 is 0. The van der Waals surface area contributed by atoms with Crippen LogP contribution in [0.25, 0.3) is 0 Å². The number of carbonyl (C=O) groups excluding carboxylic acids is 1. The number of anilines is 1. The molecular formula is C13H14N2O2. The first kappa shape index (κ1) is 12.8. The van der Waals surface area contributed by atoms with Crippen molar-refractivity contribution in [3.8, 4) is 6.07 Å². The Labute approximate surface area is 101 Å². The number of esters is 1. The molecule has 0 aliphatic rings. The van der Waals surface area contributed by atoms with E-state index in [1.807, 2.05) is 31.2 Å². The summed E-state index contributed by atoms with van der Waals surface area (Å²) in [5.74, 6) is -0.615. The summed E-state index contributed by atoms with van der Waals surface area (Å²) in [6.45, 7) is 3.89. The van der Waals surface area contributed by atoms with Gasteiger partial charge in [0.05, 0.1) is 6.61 Å². The minimum Gasteiger partial charge on any atom is -0.462 e. The van der Waals surface area contributed by atoms with Gasteiger partial charge in [0.15, 0.2) is 5.57 Å². The third kappa shape index (κ3) is 3.65. The largest absolute Gasteiger partial charge is 0.462 e. The van der Waals surface area contributed by atoms with Crippen molar-refractivity contribution >= 4 is 11.7 Å². The Balaban J connectivity index is 2.79. The summed E-state index contributed by atoms with van der Waals surface area (Å²) in [7, 11) is 0. The van der Waals surface area contributed by atoms with Crippen molar-refractivity contribution in [3.05, 3.63) is 41.6 Å². The number of carbonyl (C=O) groups is 1. The van der Waals surface area contributed by atoms with Gasteiger partial charge in [0, 0.05) is 11.9 Å². The Kier molecular flexibility index (Phi) is 4.77. The first-order valence-corrected chi connectivity index (χ1v) is 5.28. The van der Waals surface area contributed by atoms with Gasteiger partial charge in [0.1, 0.15) is 6.07 Å². The maximum Gasteiger partial charge on any atom is 0.350 e. The van der Waals surface area contributed by atoms with Crippen LogP contribution >= 0.6 is 0 Å². The molecule has 0 saturated heterocycles. The number of aryl methyl sites for hydroxylation is 1. The van der Waals surface area contributed by atoms with E-state index in [0.717, 1.165) is 11.3 Å². The Hall–Kier alpha value is -2.28. The maximum atomic E-state index is 11.3. The lowest BCUT2D eigenvalue weighted by molar-refractivity contribution is -0.138. The average Bonchev–Trinajstić information content (AvgIpc) is 2.32. The lowest BCUT2D eigenvalue weighted by Gasteiger charge is -2.05. The topological polar surface area (TPSA) is 62.1 Å². The molecule has 0 radical (unpaired) electrons. The van der Waals surface area contributed by atoms with Gasteiger partial charge in [0.25, 0.3) is 0 Å². The van der Waals surface area contributed by atoms with E-state index in [1.54, 1.807) is 13.0 Å². The first-order valence-electron chi connectivity index (χ1n) is 5.28. The van der Waals surface area contributed by atoms with Gasteiger partial charge in [-0.05, 0) is 25.5 Å². The average molecular weight is 230 g/mol. The zero-order valence-corrected chi connectivity index (χ0v) is 9.86. The molecule has 88 valence electrons. The number of nitriles is 1. The minimum atomic E-state index is -0.615. The molecule has 0 unspecified atom stereocenters. The fourth-order valence-corrected chi connectivity index (χ4v) is 1.23. The summed E-state index contributed by atoms with van der Waals surface area (Å²) in [6.07, 6.45) is 1.36. The second kappa shape index (κ2) is 6.33. The monoisotopic (exact) mass is 230 g/mol. The van der Waals surface area contributed by atoms with Crippen LogP contribution in [0.5, 0.6) is 0 Å². The normalized spacial score (nSPS) is 10.5. The van der Waals surface area contributed by atoms with Crippen LogP contribution in [0.2, 0.25) is 0 Å².